The molecule has 0 aromatic heterocycles. The molecule has 1 saturated heterocycles. The van der Waals surface area contributed by atoms with Crippen molar-refractivity contribution in [3.8, 4) is 0 Å². The van der Waals surface area contributed by atoms with Crippen LogP contribution in [0.15, 0.2) is 16.6 Å². The van der Waals surface area contributed by atoms with Crippen molar-refractivity contribution >= 4 is 47.3 Å². The lowest BCUT2D eigenvalue weighted by Crippen LogP contribution is -2.27. The van der Waals surface area contributed by atoms with Crippen LogP contribution in [0.1, 0.15) is 6.42 Å². The number of carbonyl (C=O) groups excluding carboxylic acids is 1. The van der Waals surface area contributed by atoms with Gasteiger partial charge in [0.05, 0.1) is 5.69 Å². The molecule has 0 saturated carbocycles. The maximum Gasteiger partial charge on any atom is 0.237 e. The van der Waals surface area contributed by atoms with Crippen molar-refractivity contribution in [2.24, 2.45) is 0 Å². The molecule has 9 heteroatoms. The van der Waals surface area contributed by atoms with Crippen LogP contribution in [0.3, 0.4) is 0 Å². The van der Waals surface area contributed by atoms with E-state index in [-0.39, 0.29) is 23.1 Å². The van der Waals surface area contributed by atoms with E-state index in [2.05, 4.69) is 15.9 Å². The molecule has 0 spiro atoms. The molecule has 0 bridgehead atoms. The van der Waals surface area contributed by atoms with Crippen molar-refractivity contribution in [2.45, 2.75) is 11.7 Å². The van der Waals surface area contributed by atoms with Crippen molar-refractivity contribution in [1.29, 1.82) is 0 Å². The van der Waals surface area contributed by atoms with Crippen molar-refractivity contribution in [2.75, 3.05) is 11.4 Å². The van der Waals surface area contributed by atoms with Gasteiger partial charge in [0, 0.05) is 34.2 Å². The number of anilines is 1. The quantitative estimate of drug-likeness (QED) is 0.590. The van der Waals surface area contributed by atoms with Gasteiger partial charge < -0.3 is 4.90 Å². The van der Waals surface area contributed by atoms with E-state index in [1.807, 2.05) is 0 Å². The topological polar surface area (TPSA) is 54.5 Å². The Morgan fingerprint density at radius 1 is 1.32 bits per heavy atom. The Morgan fingerprint density at radius 3 is 2.42 bits per heavy atom. The molecule has 1 aliphatic rings. The van der Waals surface area contributed by atoms with Crippen LogP contribution >= 0.6 is 26.6 Å². The van der Waals surface area contributed by atoms with Crippen LogP contribution in [-0.2, 0) is 13.8 Å². The van der Waals surface area contributed by atoms with Crippen LogP contribution in [0.25, 0.3) is 0 Å². The Kier molecular flexibility index (Phi) is 3.85. The molecular weight excluding hydrogens is 368 g/mol. The maximum atomic E-state index is 13.2. The van der Waals surface area contributed by atoms with E-state index < -0.39 is 31.8 Å². The normalized spacial score (nSPS) is 20.1. The summed E-state index contributed by atoms with van der Waals surface area (Å²) in [7, 11) is 1.32. The molecule has 1 amide bonds. The van der Waals surface area contributed by atoms with Gasteiger partial charge in [-0.2, -0.15) is 0 Å². The van der Waals surface area contributed by atoms with Gasteiger partial charge in [0.1, 0.15) is 5.25 Å². The molecule has 4 nitrogen and oxygen atoms in total. The number of halogens is 4. The zero-order valence-corrected chi connectivity index (χ0v) is 12.4. The van der Waals surface area contributed by atoms with Gasteiger partial charge in [0.25, 0.3) is 0 Å². The first-order valence-corrected chi connectivity index (χ1v) is 8.25. The van der Waals surface area contributed by atoms with Gasteiger partial charge >= 0.3 is 0 Å². The second-order valence-corrected chi connectivity index (χ2v) is 7.79. The fraction of sp³-hybridized carbons (Fsp3) is 0.300. The molecule has 1 aromatic carbocycles. The molecule has 1 aliphatic heterocycles. The lowest BCUT2D eigenvalue weighted by molar-refractivity contribution is -0.117. The summed E-state index contributed by atoms with van der Waals surface area (Å²) in [5.41, 5.74) is 0.0757. The third-order valence-corrected chi connectivity index (χ3v) is 5.27. The number of amides is 1. The van der Waals surface area contributed by atoms with Gasteiger partial charge in [0.2, 0.25) is 15.0 Å². The highest BCUT2D eigenvalue weighted by Gasteiger charge is 2.38. The average molecular weight is 375 g/mol. The van der Waals surface area contributed by atoms with Gasteiger partial charge in [-0.25, -0.2) is 17.2 Å². The summed E-state index contributed by atoms with van der Waals surface area (Å²) >= 11 is 3.01. The highest BCUT2D eigenvalue weighted by molar-refractivity contribution is 9.10. The number of hydrogen-bond acceptors (Lipinski definition) is 3. The van der Waals surface area contributed by atoms with Gasteiger partial charge in [-0.05, 0) is 22.0 Å². The third kappa shape index (κ3) is 2.90. The lowest BCUT2D eigenvalue weighted by atomic mass is 10.3. The molecular formula is C10H7BrClF2NO3S. The van der Waals surface area contributed by atoms with E-state index in [0.29, 0.717) is 0 Å². The maximum absolute atomic E-state index is 13.2. The van der Waals surface area contributed by atoms with Crippen LogP contribution < -0.4 is 4.90 Å². The van der Waals surface area contributed by atoms with Crippen LogP contribution in [0.5, 0.6) is 0 Å². The van der Waals surface area contributed by atoms with Crippen molar-refractivity contribution in [3.63, 3.8) is 0 Å². The van der Waals surface area contributed by atoms with E-state index in [9.17, 15) is 22.0 Å². The average Bonchev–Trinajstić information content (AvgIpc) is 2.65. The molecule has 1 aromatic rings. The van der Waals surface area contributed by atoms with Crippen LogP contribution in [0, 0.1) is 11.6 Å². The van der Waals surface area contributed by atoms with Gasteiger partial charge in [-0.1, -0.05) is 0 Å². The summed E-state index contributed by atoms with van der Waals surface area (Å²) in [5, 5.41) is -1.05. The Bertz CT molecular complexity index is 652. The summed E-state index contributed by atoms with van der Waals surface area (Å²) in [6.07, 6.45) is -0.280. The molecule has 0 N–H and O–H groups in total. The molecule has 0 aliphatic carbocycles. The molecule has 19 heavy (non-hydrogen) atoms. The minimum absolute atomic E-state index is 0.0757. The van der Waals surface area contributed by atoms with Crippen molar-refractivity contribution < 1.29 is 22.0 Å². The summed E-state index contributed by atoms with van der Waals surface area (Å²) in [6, 6.07) is 1.71. The van der Waals surface area contributed by atoms with E-state index in [0.717, 1.165) is 17.0 Å². The number of benzene rings is 1. The Labute approximate surface area is 120 Å². The van der Waals surface area contributed by atoms with Crippen LogP contribution in [0.4, 0.5) is 14.5 Å². The first-order valence-electron chi connectivity index (χ1n) is 5.08. The zero-order valence-electron chi connectivity index (χ0n) is 9.24. The van der Waals surface area contributed by atoms with Crippen LogP contribution in [0.2, 0.25) is 0 Å². The second kappa shape index (κ2) is 4.99. The smallest absolute Gasteiger partial charge is 0.237 e. The number of rotatable bonds is 2. The SMILES string of the molecule is O=C1CC(S(=O)(=O)Cl)CN1c1cc(F)c(F)cc1Br. The summed E-state index contributed by atoms with van der Waals surface area (Å²) in [6.45, 7) is -0.186. The summed E-state index contributed by atoms with van der Waals surface area (Å²) in [4.78, 5) is 12.8. The monoisotopic (exact) mass is 373 g/mol. The molecule has 1 fully saturated rings. The van der Waals surface area contributed by atoms with E-state index >= 15 is 0 Å². The Morgan fingerprint density at radius 2 is 1.89 bits per heavy atom. The zero-order chi connectivity index (χ0) is 14.4. The van der Waals surface area contributed by atoms with Gasteiger partial charge in [0.15, 0.2) is 11.6 Å². The van der Waals surface area contributed by atoms with Crippen molar-refractivity contribution in [3.05, 3.63) is 28.2 Å². The van der Waals surface area contributed by atoms with Crippen molar-refractivity contribution in [1.82, 2.24) is 0 Å². The molecule has 2 rings (SSSR count). The highest BCUT2D eigenvalue weighted by atomic mass is 79.9. The minimum atomic E-state index is -3.88. The largest absolute Gasteiger partial charge is 0.310 e. The molecule has 0 radical (unpaired) electrons. The molecule has 1 atom stereocenters. The number of carbonyl (C=O) groups is 1. The second-order valence-electron chi connectivity index (χ2n) is 4.02. The fourth-order valence-electron chi connectivity index (χ4n) is 1.82. The predicted octanol–water partition coefficient (Wildman–Crippen LogP) is 2.40. The van der Waals surface area contributed by atoms with Gasteiger partial charge in [-0.3, -0.25) is 4.79 Å². The summed E-state index contributed by atoms with van der Waals surface area (Å²) in [5.74, 6) is -2.70. The lowest BCUT2D eigenvalue weighted by Gasteiger charge is -2.18. The number of nitrogens with zero attached hydrogens (tertiary/aromatic N) is 1. The predicted molar refractivity (Wildman–Crippen MR) is 69.6 cm³/mol. The van der Waals surface area contributed by atoms with E-state index in [1.54, 1.807) is 0 Å². The molecule has 1 heterocycles. The van der Waals surface area contributed by atoms with E-state index in [1.165, 1.54) is 0 Å². The minimum Gasteiger partial charge on any atom is -0.310 e. The highest BCUT2D eigenvalue weighted by Crippen LogP contribution is 2.33. The number of hydrogen-bond donors (Lipinski definition) is 0. The first-order chi connectivity index (χ1) is 8.70. The Balaban J connectivity index is 2.39. The fourth-order valence-corrected chi connectivity index (χ4v) is 3.37. The molecule has 104 valence electrons. The Hall–Kier alpha value is -0.730. The van der Waals surface area contributed by atoms with Crippen LogP contribution in [-0.4, -0.2) is 26.1 Å². The van der Waals surface area contributed by atoms with Gasteiger partial charge in [-0.15, -0.1) is 0 Å². The first kappa shape index (κ1) is 14.7. The standard InChI is InChI=1S/C10H7BrClF2NO3S/c11-6-2-7(13)8(14)3-9(6)15-4-5(1-10(15)16)19(12,17)18/h2-3,5H,1,4H2. The van der Waals surface area contributed by atoms with E-state index in [4.69, 9.17) is 10.7 Å². The summed E-state index contributed by atoms with van der Waals surface area (Å²) < 4.78 is 48.7. The third-order valence-electron chi connectivity index (χ3n) is 2.77. The molecule has 1 unspecified atom stereocenters.